The number of ether oxygens (including phenoxy) is 3. The fourth-order valence-corrected chi connectivity index (χ4v) is 2.69. The molecule has 2 atom stereocenters. The molecule has 0 aromatic heterocycles. The van der Waals surface area contributed by atoms with E-state index in [1.54, 1.807) is 12.2 Å². The molecule has 0 amide bonds. The van der Waals surface area contributed by atoms with Gasteiger partial charge in [-0.25, -0.2) is 0 Å². The molecule has 0 unspecified atom stereocenters. The Kier molecular flexibility index (Phi) is 6.98. The van der Waals surface area contributed by atoms with E-state index in [1.165, 1.54) is 27.2 Å². The molecule has 1 rings (SSSR count). The minimum Gasteiger partial charge on any atom is -0.468 e. The normalized spacial score (nSPS) is 19.7. The van der Waals surface area contributed by atoms with Crippen molar-refractivity contribution < 1.29 is 28.6 Å². The van der Waals surface area contributed by atoms with Gasteiger partial charge in [-0.1, -0.05) is 6.08 Å². The zero-order chi connectivity index (χ0) is 18.3. The van der Waals surface area contributed by atoms with Gasteiger partial charge in [-0.3, -0.25) is 14.4 Å². The molecule has 0 aromatic rings. The van der Waals surface area contributed by atoms with Crippen LogP contribution >= 0.6 is 0 Å². The fraction of sp³-hybridized carbons (Fsp3) is 0.556. The van der Waals surface area contributed by atoms with E-state index in [0.29, 0.717) is 12.8 Å². The second kappa shape index (κ2) is 8.50. The molecule has 0 N–H and O–H groups in total. The Balaban J connectivity index is 3.32. The summed E-state index contributed by atoms with van der Waals surface area (Å²) in [4.78, 5) is 36.0. The Morgan fingerprint density at radius 3 is 2.00 bits per heavy atom. The van der Waals surface area contributed by atoms with Gasteiger partial charge in [-0.05, 0) is 44.4 Å². The number of rotatable bonds is 5. The van der Waals surface area contributed by atoms with Gasteiger partial charge in [-0.15, -0.1) is 5.73 Å². The number of carbonyl (C=O) groups excluding carboxylic acids is 3. The van der Waals surface area contributed by atoms with Gasteiger partial charge < -0.3 is 14.2 Å². The maximum absolute atomic E-state index is 12.5. The SMILES string of the molecule is COC(=O)C(C=C=C(C)C)(C(=O)OC)[C@H]1C=C[C@@H](OC(C)=O)CC1. The maximum atomic E-state index is 12.5. The first-order valence-electron chi connectivity index (χ1n) is 7.71. The van der Waals surface area contributed by atoms with Gasteiger partial charge in [0.05, 0.1) is 14.2 Å². The van der Waals surface area contributed by atoms with Crippen LogP contribution in [0, 0.1) is 11.3 Å². The van der Waals surface area contributed by atoms with Crippen molar-refractivity contribution in [2.75, 3.05) is 14.2 Å². The van der Waals surface area contributed by atoms with E-state index in [0.717, 1.165) is 5.57 Å². The predicted octanol–water partition coefficient (Wildman–Crippen LogP) is 2.34. The van der Waals surface area contributed by atoms with Crippen molar-refractivity contribution in [1.29, 1.82) is 0 Å². The van der Waals surface area contributed by atoms with E-state index >= 15 is 0 Å². The Labute approximate surface area is 142 Å². The molecule has 0 spiro atoms. The highest BCUT2D eigenvalue weighted by atomic mass is 16.5. The minimum absolute atomic E-state index is 0.362. The van der Waals surface area contributed by atoms with Gasteiger partial charge in [0.1, 0.15) is 6.10 Å². The highest BCUT2D eigenvalue weighted by molar-refractivity contribution is 6.03. The number of hydrogen-bond acceptors (Lipinski definition) is 6. The summed E-state index contributed by atoms with van der Waals surface area (Å²) in [5.41, 5.74) is 2.13. The summed E-state index contributed by atoms with van der Waals surface area (Å²) in [6.45, 7) is 4.96. The second-order valence-corrected chi connectivity index (χ2v) is 5.86. The molecular formula is C18H24O6. The van der Waals surface area contributed by atoms with E-state index in [-0.39, 0.29) is 12.1 Å². The first-order chi connectivity index (χ1) is 11.3. The van der Waals surface area contributed by atoms with Crippen molar-refractivity contribution in [3.05, 3.63) is 29.5 Å². The van der Waals surface area contributed by atoms with Crippen molar-refractivity contribution in [3.63, 3.8) is 0 Å². The van der Waals surface area contributed by atoms with Gasteiger partial charge in [0.25, 0.3) is 0 Å². The van der Waals surface area contributed by atoms with Gasteiger partial charge in [0.2, 0.25) is 0 Å². The number of allylic oxidation sites excluding steroid dienone is 1. The largest absolute Gasteiger partial charge is 0.468 e. The van der Waals surface area contributed by atoms with Crippen molar-refractivity contribution in [1.82, 2.24) is 0 Å². The van der Waals surface area contributed by atoms with Crippen LogP contribution in [0.3, 0.4) is 0 Å². The molecule has 0 aromatic carbocycles. The summed E-state index contributed by atoms with van der Waals surface area (Å²) < 4.78 is 14.9. The lowest BCUT2D eigenvalue weighted by atomic mass is 9.70. The highest BCUT2D eigenvalue weighted by Crippen LogP contribution is 2.39. The highest BCUT2D eigenvalue weighted by Gasteiger charge is 2.52. The predicted molar refractivity (Wildman–Crippen MR) is 86.8 cm³/mol. The van der Waals surface area contributed by atoms with Crippen LogP contribution in [0.2, 0.25) is 0 Å². The molecule has 24 heavy (non-hydrogen) atoms. The monoisotopic (exact) mass is 336 g/mol. The van der Waals surface area contributed by atoms with E-state index in [4.69, 9.17) is 14.2 Å². The number of hydrogen-bond donors (Lipinski definition) is 0. The second-order valence-electron chi connectivity index (χ2n) is 5.86. The standard InChI is InChI=1S/C18H24O6/c1-12(2)10-11-18(16(20)22-4,17(21)23-5)14-6-8-15(9-7-14)24-13(3)19/h6,8,11,14-15H,7,9H2,1-5H3/t14-,15+/m0/s1. The van der Waals surface area contributed by atoms with Gasteiger partial charge >= 0.3 is 17.9 Å². The summed E-state index contributed by atoms with van der Waals surface area (Å²) in [6.07, 6.45) is 5.40. The van der Waals surface area contributed by atoms with Gasteiger partial charge in [-0.2, -0.15) is 0 Å². The molecule has 0 saturated heterocycles. The number of esters is 3. The Bertz CT molecular complexity index is 575. The Morgan fingerprint density at radius 2 is 1.62 bits per heavy atom. The van der Waals surface area contributed by atoms with E-state index in [1.807, 2.05) is 13.8 Å². The van der Waals surface area contributed by atoms with Crippen molar-refractivity contribution in [3.8, 4) is 0 Å². The molecular weight excluding hydrogens is 312 g/mol. The first kappa shape index (κ1) is 19.7. The molecule has 0 heterocycles. The first-order valence-corrected chi connectivity index (χ1v) is 7.71. The van der Waals surface area contributed by atoms with Gasteiger partial charge in [0, 0.05) is 12.8 Å². The van der Waals surface area contributed by atoms with Crippen molar-refractivity contribution in [2.45, 2.75) is 39.7 Å². The molecule has 6 heteroatoms. The minimum atomic E-state index is -1.61. The molecule has 1 aliphatic rings. The Hall–Kier alpha value is -2.33. The zero-order valence-electron chi connectivity index (χ0n) is 14.8. The smallest absolute Gasteiger partial charge is 0.328 e. The van der Waals surface area contributed by atoms with E-state index < -0.39 is 23.3 Å². The van der Waals surface area contributed by atoms with Crippen LogP contribution in [0.4, 0.5) is 0 Å². The zero-order valence-corrected chi connectivity index (χ0v) is 14.8. The molecule has 0 saturated carbocycles. The maximum Gasteiger partial charge on any atom is 0.328 e. The summed E-state index contributed by atoms with van der Waals surface area (Å²) in [6, 6.07) is 0. The molecule has 132 valence electrons. The van der Waals surface area contributed by atoms with E-state index in [9.17, 15) is 14.4 Å². The van der Waals surface area contributed by atoms with Crippen LogP contribution < -0.4 is 0 Å². The van der Waals surface area contributed by atoms with Gasteiger partial charge in [0.15, 0.2) is 5.41 Å². The van der Waals surface area contributed by atoms with Crippen molar-refractivity contribution >= 4 is 17.9 Å². The molecule has 0 fully saturated rings. The van der Waals surface area contributed by atoms with Crippen LogP contribution in [0.15, 0.2) is 29.5 Å². The molecule has 1 aliphatic carbocycles. The summed E-state index contributed by atoms with van der Waals surface area (Å²) in [7, 11) is 2.45. The quantitative estimate of drug-likeness (QED) is 0.252. The van der Waals surface area contributed by atoms with Crippen LogP contribution in [0.1, 0.15) is 33.6 Å². The van der Waals surface area contributed by atoms with Crippen molar-refractivity contribution in [2.24, 2.45) is 11.3 Å². The summed E-state index contributed by atoms with van der Waals surface area (Å²) in [5.74, 6) is -2.26. The average molecular weight is 336 g/mol. The summed E-state index contributed by atoms with van der Waals surface area (Å²) in [5, 5.41) is 0. The van der Waals surface area contributed by atoms with E-state index in [2.05, 4.69) is 5.73 Å². The molecule has 0 bridgehead atoms. The number of carbonyl (C=O) groups is 3. The lowest BCUT2D eigenvalue weighted by Crippen LogP contribution is -2.46. The lowest BCUT2D eigenvalue weighted by molar-refractivity contribution is -0.168. The molecule has 0 aliphatic heterocycles. The Morgan fingerprint density at radius 1 is 1.04 bits per heavy atom. The molecule has 6 nitrogen and oxygen atoms in total. The van der Waals surface area contributed by atoms with Crippen LogP contribution in [-0.4, -0.2) is 38.2 Å². The average Bonchev–Trinajstić information content (AvgIpc) is 2.55. The van der Waals surface area contributed by atoms with Crippen LogP contribution in [0.25, 0.3) is 0 Å². The molecule has 0 radical (unpaired) electrons. The topological polar surface area (TPSA) is 78.9 Å². The third kappa shape index (κ3) is 4.36. The summed E-state index contributed by atoms with van der Waals surface area (Å²) >= 11 is 0. The third-order valence-corrected chi connectivity index (χ3v) is 3.86. The third-order valence-electron chi connectivity index (χ3n) is 3.86. The van der Waals surface area contributed by atoms with Crippen LogP contribution in [-0.2, 0) is 28.6 Å². The lowest BCUT2D eigenvalue weighted by Gasteiger charge is -2.34. The van der Waals surface area contributed by atoms with Crippen LogP contribution in [0.5, 0.6) is 0 Å². The fourth-order valence-electron chi connectivity index (χ4n) is 2.69. The number of methoxy groups -OCH3 is 2.